The normalized spacial score (nSPS) is 21.2. The highest BCUT2D eigenvalue weighted by Gasteiger charge is 2.52. The number of carbonyl (C=O) groups is 1. The fourth-order valence-corrected chi connectivity index (χ4v) is 4.91. The number of halogens is 1. The van der Waals surface area contributed by atoms with Crippen molar-refractivity contribution >= 4 is 31.7 Å². The molecule has 1 aromatic rings. The van der Waals surface area contributed by atoms with Gasteiger partial charge in [0.15, 0.2) is 9.84 Å². The zero-order chi connectivity index (χ0) is 14.5. The van der Waals surface area contributed by atoms with Crippen molar-refractivity contribution in [3.63, 3.8) is 0 Å². The quantitative estimate of drug-likeness (QED) is 0.884. The summed E-state index contributed by atoms with van der Waals surface area (Å²) in [6.07, 6.45) is 1.19. The highest BCUT2D eigenvalue weighted by molar-refractivity contribution is 9.10. The Morgan fingerprint density at radius 3 is 2.40 bits per heavy atom. The highest BCUT2D eigenvalue weighted by atomic mass is 79.9. The maximum Gasteiger partial charge on any atom is 0.314 e. The van der Waals surface area contributed by atoms with Gasteiger partial charge in [-0.3, -0.25) is 4.79 Å². The minimum Gasteiger partial charge on any atom is -0.481 e. The van der Waals surface area contributed by atoms with Crippen molar-refractivity contribution < 1.29 is 23.1 Å². The predicted octanol–water partition coefficient (Wildman–Crippen LogP) is 1.74. The molecule has 1 heterocycles. The summed E-state index contributed by atoms with van der Waals surface area (Å²) < 4.78 is 30.0. The Hall–Kier alpha value is -0.920. The van der Waals surface area contributed by atoms with Crippen molar-refractivity contribution in [2.75, 3.05) is 13.2 Å². The molecule has 0 radical (unpaired) electrons. The van der Waals surface area contributed by atoms with Crippen molar-refractivity contribution in [3.05, 3.63) is 28.2 Å². The van der Waals surface area contributed by atoms with Crippen LogP contribution in [0.15, 0.2) is 27.6 Å². The Morgan fingerprint density at radius 1 is 1.35 bits per heavy atom. The third kappa shape index (κ3) is 1.99. The molecule has 0 aromatic heterocycles. The van der Waals surface area contributed by atoms with E-state index in [1.165, 1.54) is 6.07 Å². The van der Waals surface area contributed by atoms with E-state index < -0.39 is 26.5 Å². The third-order valence-electron chi connectivity index (χ3n) is 4.00. The van der Waals surface area contributed by atoms with Crippen LogP contribution in [0, 0.1) is 0 Å². The van der Waals surface area contributed by atoms with Gasteiger partial charge in [-0.1, -0.05) is 6.07 Å². The van der Waals surface area contributed by atoms with Crippen LogP contribution in [0.2, 0.25) is 0 Å². The van der Waals surface area contributed by atoms with E-state index in [2.05, 4.69) is 15.9 Å². The minimum atomic E-state index is -3.41. The van der Waals surface area contributed by atoms with Crippen molar-refractivity contribution in [2.45, 2.75) is 28.4 Å². The van der Waals surface area contributed by atoms with Gasteiger partial charge in [0.05, 0.1) is 23.5 Å². The molecule has 2 fully saturated rings. The number of aliphatic carboxylic acids is 1. The Morgan fingerprint density at radius 2 is 2.00 bits per heavy atom. The molecule has 0 bridgehead atoms. The summed E-state index contributed by atoms with van der Waals surface area (Å²) in [5.74, 6) is -0.854. The van der Waals surface area contributed by atoms with Crippen molar-refractivity contribution in [3.8, 4) is 0 Å². The van der Waals surface area contributed by atoms with Crippen LogP contribution in [0.4, 0.5) is 0 Å². The summed E-state index contributed by atoms with van der Waals surface area (Å²) in [5.41, 5.74) is -0.176. The molecular formula is C13H13BrO5S. The van der Waals surface area contributed by atoms with Crippen LogP contribution in [0.3, 0.4) is 0 Å². The molecular weight excluding hydrogens is 348 g/mol. The Balaban J connectivity index is 1.98. The first-order valence-electron chi connectivity index (χ1n) is 6.23. The van der Waals surface area contributed by atoms with E-state index in [1.54, 1.807) is 12.1 Å². The number of ether oxygens (including phenoxy) is 1. The number of benzene rings is 1. The van der Waals surface area contributed by atoms with E-state index >= 15 is 0 Å². The van der Waals surface area contributed by atoms with E-state index in [1.807, 2.05) is 0 Å². The van der Waals surface area contributed by atoms with Gasteiger partial charge in [0.1, 0.15) is 5.25 Å². The zero-order valence-corrected chi connectivity index (χ0v) is 12.9. The topological polar surface area (TPSA) is 80.7 Å². The molecule has 2 aliphatic rings. The maximum atomic E-state index is 12.3. The lowest BCUT2D eigenvalue weighted by atomic mass is 9.96. The second-order valence-electron chi connectivity index (χ2n) is 5.24. The van der Waals surface area contributed by atoms with Gasteiger partial charge in [-0.2, -0.15) is 0 Å². The van der Waals surface area contributed by atoms with Gasteiger partial charge in [-0.25, -0.2) is 8.42 Å². The molecule has 0 spiro atoms. The summed E-state index contributed by atoms with van der Waals surface area (Å²) in [4.78, 5) is 11.5. The number of sulfone groups is 1. The molecule has 0 unspecified atom stereocenters. The van der Waals surface area contributed by atoms with Crippen LogP contribution in [0.5, 0.6) is 0 Å². The van der Waals surface area contributed by atoms with E-state index in [4.69, 9.17) is 4.74 Å². The second-order valence-corrected chi connectivity index (χ2v) is 8.29. The SMILES string of the molecule is O=C(O)C1(c2ccc(S(=O)(=O)C3COC3)c(Br)c2)CC1. The molecule has 20 heavy (non-hydrogen) atoms. The highest BCUT2D eigenvalue weighted by Crippen LogP contribution is 2.49. The van der Waals surface area contributed by atoms with Gasteiger partial charge in [-0.15, -0.1) is 0 Å². The first kappa shape index (κ1) is 14.0. The minimum absolute atomic E-state index is 0.204. The van der Waals surface area contributed by atoms with Crippen LogP contribution in [-0.4, -0.2) is 38.0 Å². The average Bonchev–Trinajstić information content (AvgIpc) is 3.05. The zero-order valence-electron chi connectivity index (χ0n) is 10.5. The Labute approximate surface area is 125 Å². The van der Waals surface area contributed by atoms with Crippen molar-refractivity contribution in [2.24, 2.45) is 0 Å². The van der Waals surface area contributed by atoms with Gasteiger partial charge < -0.3 is 9.84 Å². The first-order chi connectivity index (χ1) is 9.38. The third-order valence-corrected chi connectivity index (χ3v) is 7.03. The fraction of sp³-hybridized carbons (Fsp3) is 0.462. The van der Waals surface area contributed by atoms with Crippen molar-refractivity contribution in [1.29, 1.82) is 0 Å². The van der Waals surface area contributed by atoms with Gasteiger partial charge in [0.25, 0.3) is 0 Å². The number of hydrogen-bond acceptors (Lipinski definition) is 4. The summed E-state index contributed by atoms with van der Waals surface area (Å²) in [5, 5.41) is 8.76. The lowest BCUT2D eigenvalue weighted by Crippen LogP contribution is -2.40. The molecule has 1 aromatic carbocycles. The van der Waals surface area contributed by atoms with E-state index in [0.717, 1.165) is 0 Å². The molecule has 1 saturated carbocycles. The molecule has 1 aliphatic heterocycles. The monoisotopic (exact) mass is 360 g/mol. The summed E-state index contributed by atoms with van der Waals surface area (Å²) in [6.45, 7) is 0.436. The van der Waals surface area contributed by atoms with Crippen LogP contribution < -0.4 is 0 Å². The van der Waals surface area contributed by atoms with E-state index in [-0.39, 0.29) is 18.1 Å². The number of carboxylic acid groups (broad SMARTS) is 1. The molecule has 0 amide bonds. The predicted molar refractivity (Wildman–Crippen MR) is 74.5 cm³/mol. The van der Waals surface area contributed by atoms with Gasteiger partial charge in [0, 0.05) is 4.47 Å². The average molecular weight is 361 g/mol. The van der Waals surface area contributed by atoms with Gasteiger partial charge >= 0.3 is 5.97 Å². The second kappa shape index (κ2) is 4.54. The number of carboxylic acids is 1. The summed E-state index contributed by atoms with van der Waals surface area (Å²) in [6, 6.07) is 4.72. The first-order valence-corrected chi connectivity index (χ1v) is 8.57. The molecule has 1 saturated heterocycles. The van der Waals surface area contributed by atoms with Gasteiger partial charge in [-0.05, 0) is 46.5 Å². The summed E-state index contributed by atoms with van der Waals surface area (Å²) >= 11 is 3.26. The molecule has 3 rings (SSSR count). The number of hydrogen-bond donors (Lipinski definition) is 1. The fourth-order valence-electron chi connectivity index (χ4n) is 2.35. The van der Waals surface area contributed by atoms with Crippen LogP contribution in [-0.2, 0) is 24.8 Å². The van der Waals surface area contributed by atoms with Gasteiger partial charge in [0.2, 0.25) is 0 Å². The van der Waals surface area contributed by atoms with Crippen molar-refractivity contribution in [1.82, 2.24) is 0 Å². The molecule has 108 valence electrons. The molecule has 0 atom stereocenters. The van der Waals surface area contributed by atoms with Crippen LogP contribution >= 0.6 is 15.9 Å². The Bertz CT molecular complexity index is 674. The van der Waals surface area contributed by atoms with Crippen LogP contribution in [0.1, 0.15) is 18.4 Å². The molecule has 5 nitrogen and oxygen atoms in total. The lowest BCUT2D eigenvalue weighted by Gasteiger charge is -2.26. The van der Waals surface area contributed by atoms with Crippen LogP contribution in [0.25, 0.3) is 0 Å². The number of rotatable bonds is 4. The standard InChI is InChI=1S/C13H13BrO5S/c14-10-5-8(13(3-4-13)12(15)16)1-2-11(10)20(17,18)9-6-19-7-9/h1-2,5,9H,3-4,6-7H2,(H,15,16). The van der Waals surface area contributed by atoms with E-state index in [0.29, 0.717) is 22.9 Å². The summed E-state index contributed by atoms with van der Waals surface area (Å²) in [7, 11) is -3.41. The largest absolute Gasteiger partial charge is 0.481 e. The molecule has 1 aliphatic carbocycles. The lowest BCUT2D eigenvalue weighted by molar-refractivity contribution is -0.140. The molecule has 1 N–H and O–H groups in total. The molecule has 7 heteroatoms. The smallest absolute Gasteiger partial charge is 0.314 e. The maximum absolute atomic E-state index is 12.3. The van der Waals surface area contributed by atoms with E-state index in [9.17, 15) is 18.3 Å². The Kier molecular flexibility index (Phi) is 3.19.